The van der Waals surface area contributed by atoms with E-state index < -0.39 is 5.97 Å². The number of nitrogens with two attached hydrogens (primary N) is 1. The number of hydrogen-bond donors (Lipinski definition) is 2. The molecule has 0 aromatic carbocycles. The summed E-state index contributed by atoms with van der Waals surface area (Å²) in [4.78, 5) is 17.3. The Kier molecular flexibility index (Phi) is 1.88. The lowest BCUT2D eigenvalue weighted by atomic mass is 10.2. The van der Waals surface area contributed by atoms with Crippen LogP contribution >= 0.6 is 0 Å². The van der Waals surface area contributed by atoms with E-state index in [1.165, 1.54) is 0 Å². The van der Waals surface area contributed by atoms with Gasteiger partial charge in [0.1, 0.15) is 23.8 Å². The Labute approximate surface area is 67.3 Å². The second-order valence-electron chi connectivity index (χ2n) is 1.90. The van der Waals surface area contributed by atoms with Crippen LogP contribution in [0.1, 0.15) is 16.1 Å². The lowest BCUT2D eigenvalue weighted by Gasteiger charge is -1.97. The molecule has 60 valence electrons. The van der Waals surface area contributed by atoms with Gasteiger partial charge in [-0.15, -0.1) is 0 Å². The van der Waals surface area contributed by atoms with E-state index in [0.717, 1.165) is 6.33 Å². The van der Waals surface area contributed by atoms with Crippen molar-refractivity contribution < 1.29 is 9.90 Å². The molecule has 1 rings (SSSR count). The summed E-state index contributed by atoms with van der Waals surface area (Å²) in [5.41, 5.74) is 4.66. The summed E-state index contributed by atoms with van der Waals surface area (Å²) in [6, 6.07) is 1.61. The Morgan fingerprint density at radius 2 is 2.33 bits per heavy atom. The summed E-state index contributed by atoms with van der Waals surface area (Å²) in [6.45, 7) is 0. The van der Waals surface area contributed by atoms with Crippen LogP contribution in [0.4, 0.5) is 5.82 Å². The number of anilines is 1. The van der Waals surface area contributed by atoms with Crippen molar-refractivity contribution >= 4 is 11.8 Å². The summed E-state index contributed by atoms with van der Waals surface area (Å²) in [6.07, 6.45) is 1.000. The van der Waals surface area contributed by atoms with Crippen LogP contribution in [0.15, 0.2) is 6.33 Å². The first-order valence-electron chi connectivity index (χ1n) is 2.90. The van der Waals surface area contributed by atoms with Gasteiger partial charge in [-0.3, -0.25) is 0 Å². The Morgan fingerprint density at radius 3 is 2.75 bits per heavy atom. The molecule has 0 aliphatic carbocycles. The van der Waals surface area contributed by atoms with E-state index in [9.17, 15) is 4.79 Å². The number of carboxylic acids is 1. The van der Waals surface area contributed by atoms with Crippen LogP contribution < -0.4 is 5.73 Å². The number of aromatic carboxylic acids is 1. The van der Waals surface area contributed by atoms with E-state index in [2.05, 4.69) is 9.97 Å². The molecule has 0 fully saturated rings. The largest absolute Gasteiger partial charge is 0.476 e. The van der Waals surface area contributed by atoms with E-state index in [0.29, 0.717) is 0 Å². The Morgan fingerprint density at radius 1 is 1.67 bits per heavy atom. The molecule has 0 atom stereocenters. The molecule has 0 unspecified atom stereocenters. The van der Waals surface area contributed by atoms with Crippen LogP contribution in [0.5, 0.6) is 0 Å². The van der Waals surface area contributed by atoms with Crippen molar-refractivity contribution in [1.82, 2.24) is 9.97 Å². The summed E-state index contributed by atoms with van der Waals surface area (Å²) in [5, 5.41) is 17.0. The Hall–Kier alpha value is -2.16. The third kappa shape index (κ3) is 1.15. The smallest absolute Gasteiger partial charge is 0.356 e. The maximum Gasteiger partial charge on any atom is 0.356 e. The molecule has 0 saturated heterocycles. The SMILES string of the molecule is N#Cc1c(N)ncnc1C(=O)O. The third-order valence-electron chi connectivity index (χ3n) is 1.19. The van der Waals surface area contributed by atoms with Gasteiger partial charge in [0.25, 0.3) is 0 Å². The van der Waals surface area contributed by atoms with Gasteiger partial charge in [0.2, 0.25) is 0 Å². The predicted octanol–water partition coefficient (Wildman–Crippen LogP) is -0.371. The van der Waals surface area contributed by atoms with Gasteiger partial charge in [0, 0.05) is 0 Å². The molecule has 6 heteroatoms. The van der Waals surface area contributed by atoms with Crippen molar-refractivity contribution in [3.8, 4) is 6.07 Å². The number of carbonyl (C=O) groups is 1. The van der Waals surface area contributed by atoms with Crippen molar-refractivity contribution in [3.05, 3.63) is 17.6 Å². The molecule has 0 radical (unpaired) electrons. The van der Waals surface area contributed by atoms with Crippen molar-refractivity contribution in [2.24, 2.45) is 0 Å². The molecule has 0 saturated carbocycles. The summed E-state index contributed by atoms with van der Waals surface area (Å²) in [5.74, 6) is -1.41. The fourth-order valence-electron chi connectivity index (χ4n) is 0.672. The minimum Gasteiger partial charge on any atom is -0.476 e. The lowest BCUT2D eigenvalue weighted by Crippen LogP contribution is -2.07. The van der Waals surface area contributed by atoms with Crippen molar-refractivity contribution in [2.75, 3.05) is 5.73 Å². The number of hydrogen-bond acceptors (Lipinski definition) is 5. The van der Waals surface area contributed by atoms with E-state index in [1.807, 2.05) is 0 Å². The molecule has 0 bridgehead atoms. The quantitative estimate of drug-likeness (QED) is 0.585. The van der Waals surface area contributed by atoms with Gasteiger partial charge in [-0.05, 0) is 0 Å². The zero-order valence-corrected chi connectivity index (χ0v) is 5.85. The molecule has 6 nitrogen and oxygen atoms in total. The summed E-state index contributed by atoms with van der Waals surface area (Å²) >= 11 is 0. The molecule has 0 aliphatic heterocycles. The average molecular weight is 164 g/mol. The van der Waals surface area contributed by atoms with E-state index in [1.54, 1.807) is 6.07 Å². The van der Waals surface area contributed by atoms with Crippen LogP contribution in [-0.2, 0) is 0 Å². The van der Waals surface area contributed by atoms with Crippen LogP contribution in [-0.4, -0.2) is 21.0 Å². The van der Waals surface area contributed by atoms with Crippen molar-refractivity contribution in [2.45, 2.75) is 0 Å². The first-order valence-corrected chi connectivity index (χ1v) is 2.90. The Balaban J connectivity index is 3.40. The number of nitriles is 1. The molecule has 0 spiro atoms. The zero-order chi connectivity index (χ0) is 9.14. The molecule has 12 heavy (non-hydrogen) atoms. The first kappa shape index (κ1) is 7.94. The van der Waals surface area contributed by atoms with Crippen molar-refractivity contribution in [3.63, 3.8) is 0 Å². The molecular weight excluding hydrogens is 160 g/mol. The van der Waals surface area contributed by atoms with Gasteiger partial charge in [0.15, 0.2) is 5.69 Å². The normalized spacial score (nSPS) is 8.92. The molecule has 1 aromatic heterocycles. The molecule has 1 aromatic rings. The number of rotatable bonds is 1. The van der Waals surface area contributed by atoms with Crippen LogP contribution in [0.25, 0.3) is 0 Å². The van der Waals surface area contributed by atoms with E-state index in [-0.39, 0.29) is 17.1 Å². The molecular formula is C6H4N4O2. The number of nitrogen functional groups attached to an aromatic ring is 1. The number of aromatic nitrogens is 2. The lowest BCUT2D eigenvalue weighted by molar-refractivity contribution is 0.0690. The highest BCUT2D eigenvalue weighted by atomic mass is 16.4. The monoisotopic (exact) mass is 164 g/mol. The summed E-state index contributed by atoms with van der Waals surface area (Å²) in [7, 11) is 0. The zero-order valence-electron chi connectivity index (χ0n) is 5.85. The van der Waals surface area contributed by atoms with Gasteiger partial charge in [-0.25, -0.2) is 14.8 Å². The minimum absolute atomic E-state index is 0.120. The summed E-state index contributed by atoms with van der Waals surface area (Å²) < 4.78 is 0. The van der Waals surface area contributed by atoms with Gasteiger partial charge >= 0.3 is 5.97 Å². The molecule has 1 heterocycles. The number of nitrogens with zero attached hydrogens (tertiary/aromatic N) is 3. The van der Waals surface area contributed by atoms with Gasteiger partial charge < -0.3 is 10.8 Å². The second kappa shape index (κ2) is 2.84. The Bertz CT molecular complexity index is 368. The highest BCUT2D eigenvalue weighted by Crippen LogP contribution is 2.09. The van der Waals surface area contributed by atoms with Crippen LogP contribution in [0.2, 0.25) is 0 Å². The maximum absolute atomic E-state index is 10.4. The first-order chi connectivity index (χ1) is 5.66. The fraction of sp³-hybridized carbons (Fsp3) is 0. The van der Waals surface area contributed by atoms with Gasteiger partial charge in [-0.2, -0.15) is 5.26 Å². The third-order valence-corrected chi connectivity index (χ3v) is 1.19. The standard InChI is InChI=1S/C6H4N4O2/c7-1-3-4(6(11)12)9-2-10-5(3)8/h2H,(H,11,12)(H2,8,9,10). The van der Waals surface area contributed by atoms with Gasteiger partial charge in [-0.1, -0.05) is 0 Å². The van der Waals surface area contributed by atoms with Crippen LogP contribution in [0.3, 0.4) is 0 Å². The molecule has 0 aliphatic rings. The molecule has 3 N–H and O–H groups in total. The van der Waals surface area contributed by atoms with E-state index >= 15 is 0 Å². The maximum atomic E-state index is 10.4. The predicted molar refractivity (Wildman–Crippen MR) is 38.1 cm³/mol. The second-order valence-corrected chi connectivity index (χ2v) is 1.90. The molecule has 0 amide bonds. The van der Waals surface area contributed by atoms with Crippen LogP contribution in [0, 0.1) is 11.3 Å². The minimum atomic E-state index is -1.29. The number of carboxylic acid groups (broad SMARTS) is 1. The average Bonchev–Trinajstić information content (AvgIpc) is 2.03. The highest BCUT2D eigenvalue weighted by Gasteiger charge is 2.14. The highest BCUT2D eigenvalue weighted by molar-refractivity contribution is 5.89. The van der Waals surface area contributed by atoms with Gasteiger partial charge in [0.05, 0.1) is 0 Å². The van der Waals surface area contributed by atoms with E-state index in [4.69, 9.17) is 16.1 Å². The topological polar surface area (TPSA) is 113 Å². The fourth-order valence-corrected chi connectivity index (χ4v) is 0.672. The van der Waals surface area contributed by atoms with Crippen molar-refractivity contribution in [1.29, 1.82) is 5.26 Å².